The van der Waals surface area contributed by atoms with Crippen molar-refractivity contribution in [2.45, 2.75) is 0 Å². The van der Waals surface area contributed by atoms with Gasteiger partial charge < -0.3 is 0 Å². The van der Waals surface area contributed by atoms with E-state index in [0.29, 0.717) is 10.2 Å². The largest absolute Gasteiger partial charge is 0.299 e. The second-order valence-electron chi connectivity index (χ2n) is 4.17. The quantitative estimate of drug-likeness (QED) is 0.744. The van der Waals surface area contributed by atoms with Gasteiger partial charge in [0, 0.05) is 23.6 Å². The number of amides is 1. The van der Waals surface area contributed by atoms with Crippen LogP contribution >= 0.6 is 22.9 Å². The Kier molecular flexibility index (Phi) is 3.68. The van der Waals surface area contributed by atoms with E-state index in [2.05, 4.69) is 15.1 Å². The minimum absolute atomic E-state index is 0.114. The van der Waals surface area contributed by atoms with Crippen LogP contribution in [0, 0.1) is 0 Å². The Labute approximate surface area is 129 Å². The van der Waals surface area contributed by atoms with Crippen molar-refractivity contribution in [3.63, 3.8) is 0 Å². The first-order chi connectivity index (χ1) is 10.1. The molecule has 21 heavy (non-hydrogen) atoms. The summed E-state index contributed by atoms with van der Waals surface area (Å²) in [6.45, 7) is 0. The van der Waals surface area contributed by atoms with Gasteiger partial charge in [0.25, 0.3) is 5.91 Å². The van der Waals surface area contributed by atoms with Gasteiger partial charge in [-0.1, -0.05) is 11.6 Å². The van der Waals surface area contributed by atoms with Crippen LogP contribution in [-0.2, 0) is 0 Å². The van der Waals surface area contributed by atoms with Crippen molar-refractivity contribution in [1.82, 2.24) is 19.7 Å². The van der Waals surface area contributed by atoms with Crippen LogP contribution in [0.3, 0.4) is 0 Å². The molecule has 1 aromatic carbocycles. The molecule has 3 rings (SSSR count). The van der Waals surface area contributed by atoms with Crippen LogP contribution in [0.4, 0.5) is 5.13 Å². The summed E-state index contributed by atoms with van der Waals surface area (Å²) >= 11 is 7.22. The second-order valence-corrected chi connectivity index (χ2v) is 5.48. The van der Waals surface area contributed by atoms with Crippen molar-refractivity contribution in [1.29, 1.82) is 0 Å². The Morgan fingerprint density at radius 3 is 2.71 bits per heavy atom. The predicted molar refractivity (Wildman–Crippen MR) is 81.2 cm³/mol. The van der Waals surface area contributed by atoms with Crippen LogP contribution in [-0.4, -0.2) is 32.7 Å². The van der Waals surface area contributed by atoms with Gasteiger partial charge in [0.1, 0.15) is 6.33 Å². The number of anilines is 1. The lowest BCUT2D eigenvalue weighted by Gasteiger charge is -2.10. The Morgan fingerprint density at radius 1 is 1.29 bits per heavy atom. The zero-order chi connectivity index (χ0) is 14.8. The molecule has 106 valence electrons. The van der Waals surface area contributed by atoms with Gasteiger partial charge in [0.05, 0.1) is 5.69 Å². The summed E-state index contributed by atoms with van der Waals surface area (Å²) in [4.78, 5) is 21.8. The van der Waals surface area contributed by atoms with Crippen molar-refractivity contribution in [2.24, 2.45) is 0 Å². The Balaban J connectivity index is 1.84. The second kappa shape index (κ2) is 5.63. The molecule has 0 aliphatic heterocycles. The highest BCUT2D eigenvalue weighted by molar-refractivity contribution is 7.13. The fraction of sp³-hybridized carbons (Fsp3) is 0.0769. The zero-order valence-corrected chi connectivity index (χ0v) is 12.5. The summed E-state index contributed by atoms with van der Waals surface area (Å²) < 4.78 is 1.53. The fourth-order valence-electron chi connectivity index (χ4n) is 1.70. The molecule has 0 saturated heterocycles. The van der Waals surface area contributed by atoms with E-state index >= 15 is 0 Å². The third kappa shape index (κ3) is 2.79. The highest BCUT2D eigenvalue weighted by Gasteiger charge is 2.19. The van der Waals surface area contributed by atoms with Gasteiger partial charge in [-0.15, -0.1) is 16.4 Å². The van der Waals surface area contributed by atoms with Gasteiger partial charge >= 0.3 is 0 Å². The zero-order valence-electron chi connectivity index (χ0n) is 11.0. The smallest absolute Gasteiger partial charge is 0.284 e. The van der Waals surface area contributed by atoms with E-state index in [1.54, 1.807) is 42.9 Å². The molecule has 0 atom stereocenters. The number of carbonyl (C=O) groups is 1. The molecule has 0 fully saturated rings. The maximum absolute atomic E-state index is 12.3. The lowest BCUT2D eigenvalue weighted by Crippen LogP contribution is -2.27. The van der Waals surface area contributed by atoms with Crippen LogP contribution in [0.5, 0.6) is 0 Å². The van der Waals surface area contributed by atoms with E-state index in [-0.39, 0.29) is 11.7 Å². The number of carbonyl (C=O) groups excluding carboxylic acids is 1. The number of nitrogens with zero attached hydrogens (tertiary/aromatic N) is 5. The molecule has 0 unspecified atom stereocenters. The third-order valence-electron chi connectivity index (χ3n) is 2.79. The van der Waals surface area contributed by atoms with Gasteiger partial charge in [-0.05, 0) is 24.3 Å². The van der Waals surface area contributed by atoms with Crippen molar-refractivity contribution >= 4 is 34.0 Å². The summed E-state index contributed by atoms with van der Waals surface area (Å²) in [7, 11) is 1.64. The minimum Gasteiger partial charge on any atom is -0.284 e. The molecule has 1 amide bonds. The molecule has 0 radical (unpaired) electrons. The van der Waals surface area contributed by atoms with Crippen LogP contribution in [0.15, 0.2) is 42.2 Å². The molecule has 0 saturated carbocycles. The standard InChI is InChI=1S/C13H10ClN5OS/c1-18(13-15-6-7-21-13)12(20)11-16-8-19(17-11)10-4-2-9(14)3-5-10/h2-8H,1H3. The summed E-state index contributed by atoms with van der Waals surface area (Å²) in [5.41, 5.74) is 0.780. The van der Waals surface area contributed by atoms with E-state index in [9.17, 15) is 4.79 Å². The van der Waals surface area contributed by atoms with E-state index in [0.717, 1.165) is 5.69 Å². The molecule has 2 heterocycles. The normalized spacial score (nSPS) is 10.6. The van der Waals surface area contributed by atoms with Crippen LogP contribution in [0.2, 0.25) is 5.02 Å². The summed E-state index contributed by atoms with van der Waals surface area (Å²) in [6.07, 6.45) is 3.13. The van der Waals surface area contributed by atoms with Crippen molar-refractivity contribution in [3.8, 4) is 5.69 Å². The first-order valence-corrected chi connectivity index (χ1v) is 7.26. The Bertz CT molecular complexity index is 753. The summed E-state index contributed by atoms with van der Waals surface area (Å²) in [5.74, 6) is -0.194. The first-order valence-electron chi connectivity index (χ1n) is 6.00. The molecule has 3 aromatic rings. The minimum atomic E-state index is -0.308. The highest BCUT2D eigenvalue weighted by atomic mass is 35.5. The van der Waals surface area contributed by atoms with Crippen LogP contribution < -0.4 is 4.90 Å². The van der Waals surface area contributed by atoms with Crippen molar-refractivity contribution < 1.29 is 4.79 Å². The number of benzene rings is 1. The molecular weight excluding hydrogens is 310 g/mol. The number of rotatable bonds is 3. The number of aromatic nitrogens is 4. The monoisotopic (exact) mass is 319 g/mol. The molecule has 0 N–H and O–H groups in total. The fourth-order valence-corrected chi connectivity index (χ4v) is 2.43. The maximum Gasteiger partial charge on any atom is 0.299 e. The molecule has 2 aromatic heterocycles. The van der Waals surface area contributed by atoms with Crippen LogP contribution in [0.1, 0.15) is 10.6 Å². The van der Waals surface area contributed by atoms with E-state index in [1.807, 2.05) is 0 Å². The third-order valence-corrected chi connectivity index (χ3v) is 3.89. The average molecular weight is 320 g/mol. The van der Waals surface area contributed by atoms with Crippen LogP contribution in [0.25, 0.3) is 5.69 Å². The van der Waals surface area contributed by atoms with E-state index in [4.69, 9.17) is 11.6 Å². The van der Waals surface area contributed by atoms with Crippen molar-refractivity contribution in [3.05, 3.63) is 53.0 Å². The van der Waals surface area contributed by atoms with Crippen molar-refractivity contribution in [2.75, 3.05) is 11.9 Å². The molecule has 6 nitrogen and oxygen atoms in total. The van der Waals surface area contributed by atoms with Gasteiger partial charge in [-0.3, -0.25) is 9.69 Å². The predicted octanol–water partition coefficient (Wildman–Crippen LogP) is 2.65. The SMILES string of the molecule is CN(C(=O)c1ncn(-c2ccc(Cl)cc2)n1)c1nccs1. The molecule has 8 heteroatoms. The number of thiazole rings is 1. The average Bonchev–Trinajstić information content (AvgIpc) is 3.18. The molecule has 0 bridgehead atoms. The summed E-state index contributed by atoms with van der Waals surface area (Å²) in [5, 5.41) is 7.23. The number of halogens is 1. The molecular formula is C13H10ClN5OS. The topological polar surface area (TPSA) is 63.9 Å². The lowest BCUT2D eigenvalue weighted by molar-refractivity contribution is 0.0983. The molecule has 0 spiro atoms. The van der Waals surface area contributed by atoms with Gasteiger partial charge in [-0.25, -0.2) is 14.6 Å². The highest BCUT2D eigenvalue weighted by Crippen LogP contribution is 2.17. The van der Waals surface area contributed by atoms with Gasteiger partial charge in [0.2, 0.25) is 5.82 Å². The number of hydrogen-bond acceptors (Lipinski definition) is 5. The lowest BCUT2D eigenvalue weighted by atomic mass is 10.3. The summed E-state index contributed by atoms with van der Waals surface area (Å²) in [6, 6.07) is 7.11. The van der Waals surface area contributed by atoms with E-state index in [1.165, 1.54) is 27.2 Å². The Hall–Kier alpha value is -2.25. The molecule has 0 aliphatic carbocycles. The van der Waals surface area contributed by atoms with E-state index < -0.39 is 0 Å². The van der Waals surface area contributed by atoms with Gasteiger partial charge in [0.15, 0.2) is 5.13 Å². The first kappa shape index (κ1) is 13.7. The van der Waals surface area contributed by atoms with Gasteiger partial charge in [-0.2, -0.15) is 0 Å². The molecule has 0 aliphatic rings. The number of hydrogen-bond donors (Lipinski definition) is 0. The maximum atomic E-state index is 12.3. The Morgan fingerprint density at radius 2 is 2.05 bits per heavy atom.